The summed E-state index contributed by atoms with van der Waals surface area (Å²) in [5.41, 5.74) is 11.8. The van der Waals surface area contributed by atoms with Crippen LogP contribution in [0.5, 0.6) is 0 Å². The molecule has 0 radical (unpaired) electrons. The fourth-order valence-corrected chi connectivity index (χ4v) is 15.6. The Morgan fingerprint density at radius 3 is 1.32 bits per heavy atom. The van der Waals surface area contributed by atoms with Gasteiger partial charge in [0.2, 0.25) is 27.7 Å². The third kappa shape index (κ3) is 20.3. The smallest absolute Gasteiger partial charge is 0.432 e. The van der Waals surface area contributed by atoms with Crippen molar-refractivity contribution < 1.29 is 56.5 Å². The van der Waals surface area contributed by atoms with Gasteiger partial charge in [-0.1, -0.05) is 45.5 Å². The van der Waals surface area contributed by atoms with Crippen molar-refractivity contribution in [3.63, 3.8) is 0 Å². The van der Waals surface area contributed by atoms with Crippen LogP contribution >= 0.6 is 23.2 Å². The molecule has 19 rings (SSSR count). The van der Waals surface area contributed by atoms with Gasteiger partial charge < -0.3 is 81.3 Å². The van der Waals surface area contributed by atoms with Crippen LogP contribution in [0.2, 0.25) is 10.6 Å². The maximum Gasteiger partial charge on any atom is 0.489 e. The molecular weight excluding hydrogens is 1520 g/mol. The van der Waals surface area contributed by atoms with Crippen molar-refractivity contribution in [1.82, 2.24) is 79.3 Å². The Morgan fingerprint density at radius 2 is 0.862 bits per heavy atom. The third-order valence-corrected chi connectivity index (χ3v) is 21.7. The average Bonchev–Trinajstić information content (AvgIpc) is 1.60. The number of ether oxygens (including phenoxy) is 6. The van der Waals surface area contributed by atoms with Crippen LogP contribution in [-0.2, 0) is 41.5 Å². The molecule has 34 heteroatoms. The number of furan rings is 3. The lowest BCUT2D eigenvalue weighted by atomic mass is 9.78. The maximum absolute atomic E-state index is 10.9. The monoisotopic (exact) mass is 1630 g/mol. The maximum atomic E-state index is 10.9. The van der Waals surface area contributed by atoms with Gasteiger partial charge in [0.25, 0.3) is 0 Å². The fourth-order valence-electron chi connectivity index (χ4n) is 15.2. The van der Waals surface area contributed by atoms with E-state index in [0.717, 1.165) is 203 Å². The molecule has 4 N–H and O–H groups in total. The third-order valence-electron chi connectivity index (χ3n) is 21.4. The molecule has 11 aromatic heterocycles. The molecule has 616 valence electrons. The molecule has 0 unspecified atom stereocenters. The summed E-state index contributed by atoms with van der Waals surface area (Å²) in [5.74, 6) is 2.83. The number of piperidine rings is 1. The van der Waals surface area contributed by atoms with Crippen molar-refractivity contribution in [2.45, 2.75) is 47.2 Å². The number of morpholine rings is 3. The van der Waals surface area contributed by atoms with Gasteiger partial charge in [-0.3, -0.25) is 24.4 Å². The molecule has 17 heterocycles. The molecule has 0 amide bonds. The van der Waals surface area contributed by atoms with Gasteiger partial charge in [0, 0.05) is 204 Å². The summed E-state index contributed by atoms with van der Waals surface area (Å²) in [5, 5.41) is 22.7. The van der Waals surface area contributed by atoms with Gasteiger partial charge in [-0.25, -0.2) is 34.9 Å². The van der Waals surface area contributed by atoms with E-state index in [1.54, 1.807) is 45.7 Å². The molecule has 0 spiro atoms. The number of piperazine rings is 2. The van der Waals surface area contributed by atoms with E-state index in [4.69, 9.17) is 89.9 Å². The number of methoxy groups -OCH3 is 3. The highest BCUT2D eigenvalue weighted by atomic mass is 35.5. The Balaban J connectivity index is 0.000000135. The van der Waals surface area contributed by atoms with Crippen LogP contribution in [-0.4, -0.2) is 308 Å². The van der Waals surface area contributed by atoms with Crippen molar-refractivity contribution in [3.8, 4) is 11.4 Å². The molecule has 0 saturated carbocycles. The summed E-state index contributed by atoms with van der Waals surface area (Å²) in [6.07, 6.45) is 13.9. The number of carbonyl (C=O) groups is 1. The second-order valence-electron chi connectivity index (χ2n) is 28.8. The minimum absolute atomic E-state index is 0. The number of aromatic nitrogens is 11. The Kier molecular flexibility index (Phi) is 29.8. The van der Waals surface area contributed by atoms with Crippen LogP contribution in [0.4, 0.5) is 17.5 Å². The number of nitrogens with one attached hydrogen (secondary N) is 2. The number of benzene rings is 2. The van der Waals surface area contributed by atoms with Gasteiger partial charge in [0.1, 0.15) is 16.6 Å². The van der Waals surface area contributed by atoms with E-state index in [-0.39, 0.29) is 25.4 Å². The number of aromatic amines is 2. The summed E-state index contributed by atoms with van der Waals surface area (Å²) in [6, 6.07) is 21.5. The average molecular weight is 1630 g/mol. The summed E-state index contributed by atoms with van der Waals surface area (Å²) in [4.78, 5) is 77.1. The van der Waals surface area contributed by atoms with Crippen LogP contribution in [0, 0.1) is 0 Å². The quantitative estimate of drug-likeness (QED) is 0.0332. The first kappa shape index (κ1) is 84.7. The van der Waals surface area contributed by atoms with E-state index < -0.39 is 7.12 Å². The van der Waals surface area contributed by atoms with Crippen molar-refractivity contribution in [1.29, 1.82) is 0 Å². The largest absolute Gasteiger partial charge is 0.489 e. The van der Waals surface area contributed by atoms with Gasteiger partial charge in [0.05, 0.1) is 75.6 Å². The SMILES string of the molecule is C.C.COCCN1CCCCC1.COCCN1CCN(Cc2cnc3oc4c(N5CCOCC5)nc(-c5cccc6[nH]ccc56)nc4c3c2)CC1.COCCN1CCN(Cc2cnc3oc4c(N5CCOCC5)nc(Cl)nc4c3c2)CC1.O=Cc1cnc2oc3c(N4CCOCC4)nc(Cl)nc3c2c1.OB(O)c1cccc2[nH]ccc12. The summed E-state index contributed by atoms with van der Waals surface area (Å²) in [6.45, 7) is 26.4. The number of rotatable bonds is 19. The van der Waals surface area contributed by atoms with E-state index >= 15 is 0 Å². The molecule has 0 atom stereocenters. The molecule has 6 aliphatic rings. The number of hydrogen-bond acceptors (Lipinski definition) is 29. The molecule has 13 aromatic rings. The van der Waals surface area contributed by atoms with Gasteiger partial charge in [-0.2, -0.15) is 9.97 Å². The van der Waals surface area contributed by atoms with Gasteiger partial charge in [-0.05, 0) is 114 Å². The normalized spacial score (nSPS) is 16.9. The van der Waals surface area contributed by atoms with E-state index in [0.29, 0.717) is 126 Å². The molecule has 2 aromatic carbocycles. The zero-order chi connectivity index (χ0) is 78.3. The lowest BCUT2D eigenvalue weighted by Crippen LogP contribution is -2.46. The molecule has 6 fully saturated rings. The van der Waals surface area contributed by atoms with E-state index in [2.05, 4.69) is 105 Å². The number of aldehydes is 1. The van der Waals surface area contributed by atoms with E-state index in [9.17, 15) is 4.79 Å². The molecule has 0 bridgehead atoms. The Bertz CT molecular complexity index is 5340. The van der Waals surface area contributed by atoms with E-state index in [1.807, 2.05) is 41.7 Å². The first-order chi connectivity index (χ1) is 55.9. The van der Waals surface area contributed by atoms with Crippen molar-refractivity contribution in [2.24, 2.45) is 0 Å². The predicted molar refractivity (Wildman–Crippen MR) is 454 cm³/mol. The zero-order valence-electron chi connectivity index (χ0n) is 64.6. The topological polar surface area (TPSA) is 326 Å². The first-order valence-corrected chi connectivity index (χ1v) is 39.8. The fraction of sp³-hybridized carbons (Fsp3) is 0.463. The molecule has 0 aliphatic carbocycles. The van der Waals surface area contributed by atoms with Crippen LogP contribution in [0.25, 0.3) is 99.8 Å². The molecule has 31 nitrogen and oxygen atoms in total. The number of hydrogen-bond donors (Lipinski definition) is 4. The minimum atomic E-state index is -1.40. The number of pyridine rings is 3. The summed E-state index contributed by atoms with van der Waals surface area (Å²) >= 11 is 12.3. The Hall–Kier alpha value is -9.20. The van der Waals surface area contributed by atoms with Crippen molar-refractivity contribution in [2.75, 3.05) is 220 Å². The number of anilines is 3. The van der Waals surface area contributed by atoms with Crippen molar-refractivity contribution >= 4 is 148 Å². The molecular formula is C82H104BCl2N19O12. The van der Waals surface area contributed by atoms with Gasteiger partial charge in [-0.15, -0.1) is 0 Å². The Morgan fingerprint density at radius 1 is 0.457 bits per heavy atom. The number of halogens is 2. The second kappa shape index (κ2) is 40.8. The number of carbonyl (C=O) groups excluding carboxylic acids is 1. The zero-order valence-corrected chi connectivity index (χ0v) is 66.1. The minimum Gasteiger partial charge on any atom is -0.432 e. The van der Waals surface area contributed by atoms with Crippen molar-refractivity contribution in [3.05, 3.63) is 125 Å². The van der Waals surface area contributed by atoms with Gasteiger partial charge >= 0.3 is 7.12 Å². The van der Waals surface area contributed by atoms with Crippen LogP contribution in [0.15, 0.2) is 111 Å². The lowest BCUT2D eigenvalue weighted by molar-refractivity contribution is 0.0938. The first-order valence-electron chi connectivity index (χ1n) is 39.1. The standard InChI is InChI=1S/C29H33N7O3.C21H27ClN6O3.C14H11ClN4O3.C8H8BNO2.C8H17NO.2CH4/c1-37-14-11-34-7-9-35(10-8-34)19-20-17-23-25-26(39-29(23)31-18-20)28(36-12-15-38-16-13-36)33-27(32-25)22-3-2-4-24-21(22)5-6-30-24;1-29-9-6-26-2-4-27(5-3-26)14-15-12-16-17-18(31-20(16)23-13-15)19(25-21(22)24-17)28-7-10-30-11-8-28;15-14-17-10-9-5-8(7-20)6-16-13(9)22-11(10)12(18-14)19-1-3-21-4-2-19;11-9(12)7-2-1-3-8-6(7)4-5-10-8;1-10-8-7-9-5-3-2-4-6-9;;/h2-6,17-18,30H,7-16,19H2,1H3;12-13H,2-11,14H2,1H3;5-7H,1-4H2;1-5,10-12H;2-8H2,1H3;2*1H4. The number of nitrogens with zero attached hydrogens (tertiary/aromatic N) is 17. The summed E-state index contributed by atoms with van der Waals surface area (Å²) in [7, 11) is 3.88. The highest BCUT2D eigenvalue weighted by Gasteiger charge is 2.29. The second-order valence-corrected chi connectivity index (χ2v) is 29.5. The predicted octanol–water partition coefficient (Wildman–Crippen LogP) is 9.86. The van der Waals surface area contributed by atoms with E-state index in [1.165, 1.54) is 38.5 Å². The molecule has 6 aliphatic heterocycles. The lowest BCUT2D eigenvalue weighted by Gasteiger charge is -2.34. The highest BCUT2D eigenvalue weighted by molar-refractivity contribution is 6.61. The summed E-state index contributed by atoms with van der Waals surface area (Å²) < 4.78 is 50.1. The number of likely N-dealkylation sites (tertiary alicyclic amines) is 1. The van der Waals surface area contributed by atoms with Gasteiger partial charge in [0.15, 0.2) is 46.3 Å². The molecule has 116 heavy (non-hydrogen) atoms. The van der Waals surface area contributed by atoms with Crippen LogP contribution in [0.3, 0.4) is 0 Å². The van der Waals surface area contributed by atoms with Crippen LogP contribution in [0.1, 0.15) is 55.6 Å². The van der Waals surface area contributed by atoms with Crippen LogP contribution < -0.4 is 20.2 Å². The highest BCUT2D eigenvalue weighted by Crippen LogP contribution is 2.39. The number of H-pyrrole nitrogens is 2. The molecule has 6 saturated heterocycles. The number of fused-ring (bicyclic) bond motifs is 11. The Labute approximate surface area is 683 Å².